The van der Waals surface area contributed by atoms with Gasteiger partial charge in [0.1, 0.15) is 17.9 Å². The lowest BCUT2D eigenvalue weighted by atomic mass is 9.98. The predicted molar refractivity (Wildman–Crippen MR) is 200 cm³/mol. The molecule has 0 radical (unpaired) electrons. The van der Waals surface area contributed by atoms with E-state index in [0.29, 0.717) is 11.1 Å². The average Bonchev–Trinajstić information content (AvgIpc) is 3.13. The van der Waals surface area contributed by atoms with Gasteiger partial charge in [0.25, 0.3) is 0 Å². The van der Waals surface area contributed by atoms with E-state index in [1.165, 1.54) is 24.3 Å². The fourth-order valence-corrected chi connectivity index (χ4v) is 7.15. The first kappa shape index (κ1) is 37.4. The van der Waals surface area contributed by atoms with Crippen LogP contribution < -0.4 is 26.8 Å². The predicted octanol–water partition coefficient (Wildman–Crippen LogP) is 3.36. The number of fused-ring (bicyclic) bond motifs is 1. The van der Waals surface area contributed by atoms with Crippen molar-refractivity contribution in [2.45, 2.75) is 43.8 Å². The minimum Gasteiger partial charge on any atom is -0.478 e. The molecule has 5 aromatic carbocycles. The number of amidine groups is 1. The minimum atomic E-state index is -4.16. The molecular weight excluding hydrogens is 681 g/mol. The van der Waals surface area contributed by atoms with E-state index in [-0.39, 0.29) is 37.3 Å². The van der Waals surface area contributed by atoms with Crippen molar-refractivity contribution in [3.8, 4) is 0 Å². The van der Waals surface area contributed by atoms with E-state index < -0.39 is 45.6 Å². The van der Waals surface area contributed by atoms with E-state index in [0.717, 1.165) is 33.0 Å². The molecule has 2 amide bonds. The van der Waals surface area contributed by atoms with Crippen LogP contribution in [0.4, 0.5) is 0 Å². The molecule has 268 valence electrons. The number of sulfonamides is 1. The summed E-state index contributed by atoms with van der Waals surface area (Å²) in [6, 6.07) is 30.3. The van der Waals surface area contributed by atoms with E-state index in [4.69, 9.17) is 16.9 Å². The number of carboxylic acids is 1. The highest BCUT2D eigenvalue weighted by molar-refractivity contribution is 7.88. The summed E-state index contributed by atoms with van der Waals surface area (Å²) in [7, 11) is -4.16. The summed E-state index contributed by atoms with van der Waals surface area (Å²) in [5, 5.41) is 24.3. The van der Waals surface area contributed by atoms with Gasteiger partial charge in [-0.2, -0.15) is 0 Å². The second-order valence-electron chi connectivity index (χ2n) is 12.4. The van der Waals surface area contributed by atoms with Crippen molar-refractivity contribution in [2.24, 2.45) is 11.5 Å². The standard InChI is InChI=1S/C39H40N6O6S/c40-22-28-6-3-5-27(19-28)20-34(37(46)43-23-25-11-15-30(16-12-25)36(41)42)44-38(47)35(21-32-9-4-8-29-7-1-2-10-33(29)32)45-52(50,51)24-26-13-17-31(18-14-26)39(48)49/h1-19,34-35,45H,20-24,40H2,(H3,41,42)(H,43,46)(H,44,47)(H,48,49)/t34-,35+/m0/s1. The maximum absolute atomic E-state index is 14.2. The van der Waals surface area contributed by atoms with Crippen LogP contribution in [-0.4, -0.2) is 49.2 Å². The Balaban J connectivity index is 1.42. The van der Waals surface area contributed by atoms with E-state index in [1.807, 2.05) is 66.7 Å². The molecule has 12 nitrogen and oxygen atoms in total. The molecule has 9 N–H and O–H groups in total. The van der Waals surface area contributed by atoms with Crippen molar-refractivity contribution in [1.29, 1.82) is 5.41 Å². The van der Waals surface area contributed by atoms with E-state index >= 15 is 0 Å². The number of carboxylic acid groups (broad SMARTS) is 1. The molecule has 0 aliphatic heterocycles. The van der Waals surface area contributed by atoms with Crippen LogP contribution in [0.3, 0.4) is 0 Å². The van der Waals surface area contributed by atoms with Gasteiger partial charge in [-0.3, -0.25) is 15.0 Å². The zero-order valence-electron chi connectivity index (χ0n) is 28.2. The second kappa shape index (κ2) is 16.9. The maximum atomic E-state index is 14.2. The number of nitrogen functional groups attached to an aromatic ring is 1. The van der Waals surface area contributed by atoms with Crippen molar-refractivity contribution in [2.75, 3.05) is 0 Å². The normalized spacial score (nSPS) is 12.5. The van der Waals surface area contributed by atoms with Crippen LogP contribution in [0.1, 0.15) is 43.7 Å². The minimum absolute atomic E-state index is 0.0108. The van der Waals surface area contributed by atoms with Crippen LogP contribution in [0.15, 0.2) is 115 Å². The molecule has 0 heterocycles. The van der Waals surface area contributed by atoms with Crippen molar-refractivity contribution in [3.05, 3.63) is 154 Å². The first-order valence-corrected chi connectivity index (χ1v) is 18.1. The van der Waals surface area contributed by atoms with E-state index in [9.17, 15) is 27.9 Å². The number of hydrogen-bond acceptors (Lipinski definition) is 7. The molecule has 0 spiro atoms. The SMILES string of the molecule is N=C(N)c1ccc(CNC(=O)[C@H](Cc2cccc(CN)c2)NC(=O)[C@@H](Cc2cccc3ccccc23)NS(=O)(=O)Cc2ccc(C(=O)O)cc2)cc1. The summed E-state index contributed by atoms with van der Waals surface area (Å²) in [5.41, 5.74) is 15.3. The third kappa shape index (κ3) is 10.1. The highest BCUT2D eigenvalue weighted by Crippen LogP contribution is 2.21. The maximum Gasteiger partial charge on any atom is 0.335 e. The Morgan fingerprint density at radius 1 is 0.712 bits per heavy atom. The van der Waals surface area contributed by atoms with Crippen LogP contribution in [0.25, 0.3) is 10.8 Å². The Kier molecular flexibility index (Phi) is 12.1. The van der Waals surface area contributed by atoms with E-state index in [2.05, 4.69) is 15.4 Å². The topological polar surface area (TPSA) is 218 Å². The average molecular weight is 721 g/mol. The molecule has 2 atom stereocenters. The van der Waals surface area contributed by atoms with Gasteiger partial charge < -0.3 is 27.2 Å². The molecule has 0 saturated carbocycles. The molecule has 5 aromatic rings. The lowest BCUT2D eigenvalue weighted by Gasteiger charge is -2.24. The molecule has 0 aliphatic carbocycles. The first-order valence-electron chi connectivity index (χ1n) is 16.5. The lowest BCUT2D eigenvalue weighted by Crippen LogP contribution is -2.55. The highest BCUT2D eigenvalue weighted by atomic mass is 32.2. The summed E-state index contributed by atoms with van der Waals surface area (Å²) >= 11 is 0. The fraction of sp³-hybridized carbons (Fsp3) is 0.179. The van der Waals surface area contributed by atoms with Gasteiger partial charge >= 0.3 is 5.97 Å². The summed E-state index contributed by atoms with van der Waals surface area (Å²) in [4.78, 5) is 39.3. The van der Waals surface area contributed by atoms with Gasteiger partial charge in [-0.25, -0.2) is 17.9 Å². The van der Waals surface area contributed by atoms with Crippen LogP contribution in [-0.2, 0) is 51.3 Å². The quantitative estimate of drug-likeness (QED) is 0.0591. The number of nitrogens with one attached hydrogen (secondary N) is 4. The van der Waals surface area contributed by atoms with Gasteiger partial charge in [-0.05, 0) is 57.1 Å². The monoisotopic (exact) mass is 720 g/mol. The number of amides is 2. The molecule has 13 heteroatoms. The van der Waals surface area contributed by atoms with Crippen LogP contribution in [0, 0.1) is 5.41 Å². The smallest absolute Gasteiger partial charge is 0.335 e. The summed E-state index contributed by atoms with van der Waals surface area (Å²) < 4.78 is 29.7. The lowest BCUT2D eigenvalue weighted by molar-refractivity contribution is -0.129. The van der Waals surface area contributed by atoms with Crippen LogP contribution >= 0.6 is 0 Å². The number of hydrogen-bond donors (Lipinski definition) is 7. The van der Waals surface area contributed by atoms with Gasteiger partial charge in [0.05, 0.1) is 11.3 Å². The Morgan fingerprint density at radius 2 is 1.35 bits per heavy atom. The van der Waals surface area contributed by atoms with Gasteiger partial charge in [0, 0.05) is 25.1 Å². The zero-order chi connectivity index (χ0) is 37.3. The number of aromatic carboxylic acids is 1. The van der Waals surface area contributed by atoms with Gasteiger partial charge in [-0.15, -0.1) is 0 Å². The van der Waals surface area contributed by atoms with Crippen molar-refractivity contribution in [1.82, 2.24) is 15.4 Å². The molecule has 0 fully saturated rings. The third-order valence-corrected chi connectivity index (χ3v) is 9.89. The number of rotatable bonds is 16. The fourth-order valence-electron chi connectivity index (χ4n) is 5.82. The number of nitrogens with two attached hydrogens (primary N) is 2. The molecule has 0 unspecified atom stereocenters. The number of carbonyl (C=O) groups excluding carboxylic acids is 2. The molecular formula is C39H40N6O6S. The molecule has 0 aliphatic rings. The van der Waals surface area contributed by atoms with Gasteiger partial charge in [-0.1, -0.05) is 103 Å². The molecule has 5 rings (SSSR count). The van der Waals surface area contributed by atoms with Crippen molar-refractivity contribution >= 4 is 44.4 Å². The number of carbonyl (C=O) groups is 3. The van der Waals surface area contributed by atoms with Crippen molar-refractivity contribution < 1.29 is 27.9 Å². The largest absolute Gasteiger partial charge is 0.478 e. The summed E-state index contributed by atoms with van der Waals surface area (Å²) in [6.45, 7) is 0.403. The first-order chi connectivity index (χ1) is 24.9. The summed E-state index contributed by atoms with van der Waals surface area (Å²) in [5.74, 6) is -2.93. The second-order valence-corrected chi connectivity index (χ2v) is 14.1. The number of benzene rings is 5. The Morgan fingerprint density at radius 3 is 2.04 bits per heavy atom. The highest BCUT2D eigenvalue weighted by Gasteiger charge is 2.30. The van der Waals surface area contributed by atoms with Crippen LogP contribution in [0.5, 0.6) is 0 Å². The van der Waals surface area contributed by atoms with Crippen LogP contribution in [0.2, 0.25) is 0 Å². The Hall–Kier alpha value is -5.89. The molecule has 0 bridgehead atoms. The molecule has 0 aromatic heterocycles. The Bertz CT molecular complexity index is 2180. The zero-order valence-corrected chi connectivity index (χ0v) is 29.0. The van der Waals surface area contributed by atoms with Gasteiger partial charge in [0.15, 0.2) is 0 Å². The third-order valence-electron chi connectivity index (χ3n) is 8.53. The molecule has 52 heavy (non-hydrogen) atoms. The van der Waals surface area contributed by atoms with E-state index in [1.54, 1.807) is 24.3 Å². The summed E-state index contributed by atoms with van der Waals surface area (Å²) in [6.07, 6.45) is 0.0716. The molecule has 0 saturated heterocycles. The Labute approximate surface area is 301 Å². The van der Waals surface area contributed by atoms with Gasteiger partial charge in [0.2, 0.25) is 21.8 Å². The van der Waals surface area contributed by atoms with Crippen molar-refractivity contribution in [3.63, 3.8) is 0 Å².